The van der Waals surface area contributed by atoms with Gasteiger partial charge in [-0.1, -0.05) is 60.7 Å². The van der Waals surface area contributed by atoms with E-state index in [1.54, 1.807) is 54.6 Å². The number of anilines is 1. The van der Waals surface area contributed by atoms with Gasteiger partial charge in [-0.3, -0.25) is 19.3 Å². The van der Waals surface area contributed by atoms with Crippen LogP contribution in [0.1, 0.15) is 28.3 Å². The van der Waals surface area contributed by atoms with Crippen LogP contribution >= 0.6 is 0 Å². The van der Waals surface area contributed by atoms with Gasteiger partial charge in [0, 0.05) is 11.1 Å². The molecule has 1 aliphatic heterocycles. The number of methoxy groups -OCH3 is 1. The normalized spacial score (nSPS) is 14.9. The van der Waals surface area contributed by atoms with Crippen LogP contribution < -0.4 is 10.2 Å². The summed E-state index contributed by atoms with van der Waals surface area (Å²) in [6, 6.07) is 18.8. The van der Waals surface area contributed by atoms with Gasteiger partial charge in [-0.15, -0.1) is 0 Å². The Labute approximate surface area is 205 Å². The first-order valence-corrected chi connectivity index (χ1v) is 10.9. The Hall–Kier alpha value is -4.40. The van der Waals surface area contributed by atoms with Crippen LogP contribution in [0.25, 0.3) is 11.6 Å². The molecule has 3 aromatic carbocycles. The number of amides is 2. The molecule has 0 bridgehead atoms. The van der Waals surface area contributed by atoms with Crippen LogP contribution in [0, 0.1) is 0 Å². The number of alkyl halides is 3. The van der Waals surface area contributed by atoms with Crippen molar-refractivity contribution in [2.24, 2.45) is 0 Å². The highest BCUT2D eigenvalue weighted by Gasteiger charge is 2.41. The summed E-state index contributed by atoms with van der Waals surface area (Å²) >= 11 is 0. The maximum absolute atomic E-state index is 13.7. The first-order valence-electron chi connectivity index (χ1n) is 10.9. The minimum atomic E-state index is -4.53. The van der Waals surface area contributed by atoms with E-state index in [9.17, 15) is 27.6 Å². The number of halogens is 3. The van der Waals surface area contributed by atoms with Crippen molar-refractivity contribution in [3.8, 4) is 0 Å². The van der Waals surface area contributed by atoms with Crippen molar-refractivity contribution in [3.63, 3.8) is 0 Å². The molecule has 0 saturated carbocycles. The van der Waals surface area contributed by atoms with E-state index in [-0.39, 0.29) is 11.1 Å². The molecule has 0 saturated heterocycles. The number of ether oxygens (including phenoxy) is 1. The molecule has 1 unspecified atom stereocenters. The topological polar surface area (TPSA) is 75.7 Å². The maximum atomic E-state index is 13.7. The number of carbonyl (C=O) groups excluding carboxylic acids is 3. The SMILES string of the molecule is COC(=O)CNC(=O)C(c1ccccc1)N1C(=O)/C(=C\c2cccc(C(F)(F)F)c2)c2ccccc21. The number of nitrogens with zero attached hydrogens (tertiary/aromatic N) is 1. The predicted octanol–water partition coefficient (Wildman–Crippen LogP) is 4.62. The van der Waals surface area contributed by atoms with Gasteiger partial charge in [-0.2, -0.15) is 13.2 Å². The van der Waals surface area contributed by atoms with Crippen molar-refractivity contribution >= 4 is 35.1 Å². The van der Waals surface area contributed by atoms with E-state index in [2.05, 4.69) is 10.1 Å². The summed E-state index contributed by atoms with van der Waals surface area (Å²) < 4.78 is 44.3. The molecule has 2 amide bonds. The molecule has 0 radical (unpaired) electrons. The molecule has 0 aromatic heterocycles. The lowest BCUT2D eigenvalue weighted by Gasteiger charge is -2.28. The van der Waals surface area contributed by atoms with Crippen LogP contribution in [-0.2, 0) is 25.3 Å². The summed E-state index contributed by atoms with van der Waals surface area (Å²) in [7, 11) is 1.19. The third-order valence-corrected chi connectivity index (χ3v) is 5.68. The van der Waals surface area contributed by atoms with Gasteiger partial charge >= 0.3 is 12.1 Å². The highest BCUT2D eigenvalue weighted by molar-refractivity contribution is 6.36. The number of nitrogens with one attached hydrogen (secondary N) is 1. The third-order valence-electron chi connectivity index (χ3n) is 5.68. The fourth-order valence-corrected chi connectivity index (χ4v) is 4.01. The zero-order valence-corrected chi connectivity index (χ0v) is 19.1. The molecule has 0 fully saturated rings. The van der Waals surface area contributed by atoms with E-state index in [4.69, 9.17) is 0 Å². The highest BCUT2D eigenvalue weighted by atomic mass is 19.4. The number of hydrogen-bond donors (Lipinski definition) is 1. The summed E-state index contributed by atoms with van der Waals surface area (Å²) in [5, 5.41) is 2.50. The second kappa shape index (κ2) is 10.1. The number of fused-ring (bicyclic) bond motifs is 1. The lowest BCUT2D eigenvalue weighted by atomic mass is 10.0. The number of esters is 1. The summed E-state index contributed by atoms with van der Waals surface area (Å²) in [5.74, 6) is -1.83. The van der Waals surface area contributed by atoms with E-state index in [1.807, 2.05) is 0 Å². The van der Waals surface area contributed by atoms with Crippen LogP contribution in [-0.4, -0.2) is 31.4 Å². The Morgan fingerprint density at radius 3 is 2.39 bits per heavy atom. The Kier molecular flexibility index (Phi) is 6.91. The zero-order valence-electron chi connectivity index (χ0n) is 19.1. The molecule has 0 aliphatic carbocycles. The first-order chi connectivity index (χ1) is 17.2. The molecule has 6 nitrogen and oxygen atoms in total. The van der Waals surface area contributed by atoms with Gasteiger partial charge in [0.1, 0.15) is 12.6 Å². The number of benzene rings is 3. The molecular weight excluding hydrogens is 473 g/mol. The Bertz CT molecular complexity index is 1340. The van der Waals surface area contributed by atoms with Gasteiger partial charge in [0.05, 0.1) is 18.4 Å². The summed E-state index contributed by atoms with van der Waals surface area (Å²) in [5.41, 5.74) is 0.882. The smallest absolute Gasteiger partial charge is 0.416 e. The monoisotopic (exact) mass is 494 g/mol. The third kappa shape index (κ3) is 5.00. The molecule has 1 heterocycles. The van der Waals surface area contributed by atoms with Crippen LogP contribution in [0.5, 0.6) is 0 Å². The van der Waals surface area contributed by atoms with E-state index in [0.717, 1.165) is 12.1 Å². The van der Waals surface area contributed by atoms with Crippen LogP contribution in [0.4, 0.5) is 18.9 Å². The van der Waals surface area contributed by atoms with Crippen LogP contribution in [0.3, 0.4) is 0 Å². The van der Waals surface area contributed by atoms with E-state index < -0.39 is 42.1 Å². The molecule has 1 aliphatic rings. The Balaban J connectivity index is 1.79. The van der Waals surface area contributed by atoms with Gasteiger partial charge < -0.3 is 10.1 Å². The summed E-state index contributed by atoms with van der Waals surface area (Å²) in [6.45, 7) is -0.394. The van der Waals surface area contributed by atoms with Crippen molar-refractivity contribution in [1.82, 2.24) is 5.32 Å². The number of para-hydroxylation sites is 1. The van der Waals surface area contributed by atoms with E-state index >= 15 is 0 Å². The second-order valence-electron chi connectivity index (χ2n) is 7.98. The lowest BCUT2D eigenvalue weighted by Crippen LogP contribution is -2.43. The molecular formula is C27H21F3N2O4. The van der Waals surface area contributed by atoms with Crippen molar-refractivity contribution in [3.05, 3.63) is 101 Å². The molecule has 4 rings (SSSR count). The quantitative estimate of drug-likeness (QED) is 0.401. The summed E-state index contributed by atoms with van der Waals surface area (Å²) in [4.78, 5) is 39.9. The molecule has 184 valence electrons. The number of carbonyl (C=O) groups is 3. The van der Waals surface area contributed by atoms with Crippen LogP contribution in [0.2, 0.25) is 0 Å². The number of rotatable bonds is 6. The van der Waals surface area contributed by atoms with Crippen molar-refractivity contribution < 1.29 is 32.3 Å². The van der Waals surface area contributed by atoms with Crippen LogP contribution in [0.15, 0.2) is 78.9 Å². The average molecular weight is 494 g/mol. The fraction of sp³-hybridized carbons (Fsp3) is 0.148. The van der Waals surface area contributed by atoms with E-state index in [1.165, 1.54) is 30.2 Å². The van der Waals surface area contributed by atoms with Gasteiger partial charge in [0.15, 0.2) is 0 Å². The standard InChI is InChI=1S/C27H21F3N2O4/c1-36-23(33)16-31-25(34)24(18-9-3-2-4-10-18)32-22-13-6-5-12-20(22)21(26(32)35)15-17-8-7-11-19(14-17)27(28,29)30/h2-15,24H,16H2,1H3,(H,31,34)/b21-15-. The van der Waals surface area contributed by atoms with Crippen molar-refractivity contribution in [1.29, 1.82) is 0 Å². The molecule has 3 aromatic rings. The molecule has 9 heteroatoms. The largest absolute Gasteiger partial charge is 0.468 e. The molecule has 0 spiro atoms. The zero-order chi connectivity index (χ0) is 25.9. The second-order valence-corrected chi connectivity index (χ2v) is 7.98. The lowest BCUT2D eigenvalue weighted by molar-refractivity contribution is -0.141. The Morgan fingerprint density at radius 2 is 1.69 bits per heavy atom. The van der Waals surface area contributed by atoms with Gasteiger partial charge in [0.2, 0.25) is 5.91 Å². The summed E-state index contributed by atoms with van der Waals surface area (Å²) in [6.07, 6.45) is -3.15. The highest BCUT2D eigenvalue weighted by Crippen LogP contribution is 2.43. The van der Waals surface area contributed by atoms with Gasteiger partial charge in [0.25, 0.3) is 5.91 Å². The minimum absolute atomic E-state index is 0.145. The molecule has 1 atom stereocenters. The fourth-order valence-electron chi connectivity index (χ4n) is 4.01. The minimum Gasteiger partial charge on any atom is -0.468 e. The first kappa shape index (κ1) is 24.7. The Morgan fingerprint density at radius 1 is 1.00 bits per heavy atom. The average Bonchev–Trinajstić information content (AvgIpc) is 3.14. The molecule has 1 N–H and O–H groups in total. The van der Waals surface area contributed by atoms with Crippen molar-refractivity contribution in [2.75, 3.05) is 18.6 Å². The molecule has 36 heavy (non-hydrogen) atoms. The predicted molar refractivity (Wildman–Crippen MR) is 127 cm³/mol. The number of hydrogen-bond acceptors (Lipinski definition) is 4. The van der Waals surface area contributed by atoms with Crippen molar-refractivity contribution in [2.45, 2.75) is 12.2 Å². The van der Waals surface area contributed by atoms with Gasteiger partial charge in [-0.05, 0) is 35.4 Å². The van der Waals surface area contributed by atoms with E-state index in [0.29, 0.717) is 16.8 Å². The maximum Gasteiger partial charge on any atom is 0.416 e. The van der Waals surface area contributed by atoms with Gasteiger partial charge in [-0.25, -0.2) is 0 Å².